The Kier molecular flexibility index (Phi) is 12.4. The lowest BCUT2D eigenvalue weighted by Gasteiger charge is -2.26. The second kappa shape index (κ2) is 15.7. The van der Waals surface area contributed by atoms with Crippen LogP contribution in [0.4, 0.5) is 0 Å². The molecular weight excluding hydrogens is 525 g/mol. The van der Waals surface area contributed by atoms with Gasteiger partial charge in [0.15, 0.2) is 0 Å². The maximum Gasteiger partial charge on any atom is 0.317 e. The number of nitrogens with zero attached hydrogens (tertiary/aromatic N) is 1. The van der Waals surface area contributed by atoms with Crippen LogP contribution in [0.15, 0.2) is 48.5 Å². The summed E-state index contributed by atoms with van der Waals surface area (Å²) in [6.45, 7) is 0.973. The van der Waals surface area contributed by atoms with Crippen LogP contribution in [0.5, 0.6) is 0 Å². The molecule has 0 bridgehead atoms. The van der Waals surface area contributed by atoms with Crippen LogP contribution in [-0.2, 0) is 20.8 Å². The molecule has 0 spiro atoms. The zero-order valence-corrected chi connectivity index (χ0v) is 23.1. The van der Waals surface area contributed by atoms with Gasteiger partial charge in [0.05, 0.1) is 13.1 Å². The number of rotatable bonds is 9. The number of hydrogen-bond acceptors (Lipinski definition) is 4. The van der Waals surface area contributed by atoms with Gasteiger partial charge in [-0.15, -0.1) is 0 Å². The highest BCUT2D eigenvalue weighted by Gasteiger charge is 2.33. The molecule has 1 saturated carbocycles. The van der Waals surface area contributed by atoms with Crippen molar-refractivity contribution in [3.63, 3.8) is 0 Å². The lowest BCUT2D eigenvalue weighted by Crippen LogP contribution is -2.49. The first-order valence-corrected chi connectivity index (χ1v) is 14.1. The third kappa shape index (κ3) is 10.3. The Labute approximate surface area is 234 Å². The number of carboxylic acid groups (broad SMARTS) is 1. The van der Waals surface area contributed by atoms with Crippen molar-refractivity contribution < 1.29 is 19.5 Å². The highest BCUT2D eigenvalue weighted by atomic mass is 35.5. The van der Waals surface area contributed by atoms with E-state index in [4.69, 9.17) is 28.3 Å². The smallest absolute Gasteiger partial charge is 0.317 e. The monoisotopic (exact) mass is 561 g/mol. The van der Waals surface area contributed by atoms with Crippen molar-refractivity contribution in [1.29, 1.82) is 0 Å². The van der Waals surface area contributed by atoms with E-state index in [-0.39, 0.29) is 24.9 Å². The minimum absolute atomic E-state index is 0.0430. The Hall–Kier alpha value is -2.61. The summed E-state index contributed by atoms with van der Waals surface area (Å²) in [7, 11) is 0. The third-order valence-electron chi connectivity index (χ3n) is 6.95. The largest absolute Gasteiger partial charge is 0.480 e. The summed E-state index contributed by atoms with van der Waals surface area (Å²) in [4.78, 5) is 36.5. The fraction of sp³-hybridized carbons (Fsp3) is 0.483. The van der Waals surface area contributed by atoms with Crippen LogP contribution in [0.25, 0.3) is 0 Å². The molecule has 2 aromatic rings. The molecule has 38 heavy (non-hydrogen) atoms. The van der Waals surface area contributed by atoms with E-state index in [1.165, 1.54) is 43.2 Å². The van der Waals surface area contributed by atoms with Gasteiger partial charge in [-0.05, 0) is 73.4 Å². The van der Waals surface area contributed by atoms with E-state index in [2.05, 4.69) is 10.6 Å². The summed E-state index contributed by atoms with van der Waals surface area (Å²) < 4.78 is 0. The van der Waals surface area contributed by atoms with Gasteiger partial charge in [0.25, 0.3) is 0 Å². The van der Waals surface area contributed by atoms with Gasteiger partial charge in [0, 0.05) is 23.1 Å². The number of carboxylic acids is 1. The van der Waals surface area contributed by atoms with Crippen LogP contribution in [0.2, 0.25) is 10.0 Å². The Morgan fingerprint density at radius 3 is 1.95 bits per heavy atom. The number of aliphatic carboxylic acids is 1. The fourth-order valence-corrected chi connectivity index (χ4v) is 5.16. The predicted molar refractivity (Wildman–Crippen MR) is 151 cm³/mol. The second-order valence-electron chi connectivity index (χ2n) is 9.92. The summed E-state index contributed by atoms with van der Waals surface area (Å²) in [6.07, 6.45) is 8.52. The van der Waals surface area contributed by atoms with Crippen molar-refractivity contribution in [2.45, 2.75) is 57.4 Å². The molecule has 1 aliphatic carbocycles. The van der Waals surface area contributed by atoms with Crippen LogP contribution in [0.3, 0.4) is 0 Å². The van der Waals surface area contributed by atoms with E-state index in [0.29, 0.717) is 25.4 Å². The molecule has 2 fully saturated rings. The highest BCUT2D eigenvalue weighted by molar-refractivity contribution is 6.30. The van der Waals surface area contributed by atoms with Gasteiger partial charge in [0.2, 0.25) is 11.8 Å². The molecule has 1 aliphatic heterocycles. The SMILES string of the molecule is Clc1ccc(Cc2ccc(Cl)cc2)cc1.O=C(O)CNCC(=O)N1CCCC1C(=O)NCC1CCCCC1. The number of likely N-dealkylation sites (tertiary alicyclic amines) is 1. The molecule has 1 atom stereocenters. The number of carbonyl (C=O) groups excluding carboxylic acids is 2. The first kappa shape index (κ1) is 29.9. The molecule has 2 amide bonds. The molecule has 1 saturated heterocycles. The van der Waals surface area contributed by atoms with Gasteiger partial charge >= 0.3 is 5.97 Å². The second-order valence-corrected chi connectivity index (χ2v) is 10.8. The Morgan fingerprint density at radius 2 is 1.39 bits per heavy atom. The lowest BCUT2D eigenvalue weighted by molar-refractivity contribution is -0.138. The molecule has 1 heterocycles. The zero-order valence-electron chi connectivity index (χ0n) is 21.6. The number of benzene rings is 2. The van der Waals surface area contributed by atoms with E-state index in [9.17, 15) is 14.4 Å². The molecule has 206 valence electrons. The fourth-order valence-electron chi connectivity index (χ4n) is 4.91. The van der Waals surface area contributed by atoms with Gasteiger partial charge in [-0.25, -0.2) is 0 Å². The van der Waals surface area contributed by atoms with Gasteiger partial charge in [-0.2, -0.15) is 0 Å². The van der Waals surface area contributed by atoms with Crippen LogP contribution in [-0.4, -0.2) is 60.0 Å². The quantitative estimate of drug-likeness (QED) is 0.403. The van der Waals surface area contributed by atoms with Crippen LogP contribution >= 0.6 is 23.2 Å². The highest BCUT2D eigenvalue weighted by Crippen LogP contribution is 2.23. The van der Waals surface area contributed by atoms with E-state index in [1.807, 2.05) is 48.5 Å². The van der Waals surface area contributed by atoms with Gasteiger partial charge in [-0.3, -0.25) is 19.7 Å². The molecule has 3 N–H and O–H groups in total. The maximum absolute atomic E-state index is 12.4. The molecular formula is C29H37Cl2N3O4. The van der Waals surface area contributed by atoms with Crippen LogP contribution in [0, 0.1) is 5.92 Å². The standard InChI is InChI=1S/C16H27N3O4.C13H10Cl2/c20-14(10-17-11-15(21)22)19-8-4-7-13(19)16(23)18-9-12-5-2-1-3-6-12;14-12-5-1-10(2-6-12)9-11-3-7-13(15)8-4-11/h12-13,17H,1-11H2,(H,18,23)(H,21,22);1-8H,9H2. The van der Waals surface area contributed by atoms with Gasteiger partial charge < -0.3 is 15.3 Å². The number of nitrogens with one attached hydrogen (secondary N) is 2. The van der Waals surface area contributed by atoms with Crippen molar-refractivity contribution in [2.24, 2.45) is 5.92 Å². The number of hydrogen-bond donors (Lipinski definition) is 3. The first-order chi connectivity index (χ1) is 18.3. The van der Waals surface area contributed by atoms with Crippen molar-refractivity contribution in [2.75, 3.05) is 26.2 Å². The molecule has 4 rings (SSSR count). The van der Waals surface area contributed by atoms with Crippen molar-refractivity contribution in [3.05, 3.63) is 69.7 Å². The van der Waals surface area contributed by atoms with E-state index in [0.717, 1.165) is 22.9 Å². The third-order valence-corrected chi connectivity index (χ3v) is 7.46. The van der Waals surface area contributed by atoms with Crippen molar-refractivity contribution >= 4 is 41.0 Å². The molecule has 2 aromatic carbocycles. The molecule has 0 aromatic heterocycles. The zero-order chi connectivity index (χ0) is 27.3. The predicted octanol–water partition coefficient (Wildman–Crippen LogP) is 4.93. The lowest BCUT2D eigenvalue weighted by atomic mass is 9.89. The Bertz CT molecular complexity index is 997. The molecule has 0 radical (unpaired) electrons. The van der Waals surface area contributed by atoms with E-state index < -0.39 is 12.0 Å². The van der Waals surface area contributed by atoms with Crippen LogP contribution in [0.1, 0.15) is 56.1 Å². The normalized spacial score (nSPS) is 17.4. The summed E-state index contributed by atoms with van der Waals surface area (Å²) >= 11 is 11.6. The van der Waals surface area contributed by atoms with E-state index in [1.54, 1.807) is 4.90 Å². The van der Waals surface area contributed by atoms with Crippen molar-refractivity contribution in [3.8, 4) is 0 Å². The minimum Gasteiger partial charge on any atom is -0.480 e. The van der Waals surface area contributed by atoms with E-state index >= 15 is 0 Å². The average Bonchev–Trinajstić information content (AvgIpc) is 3.41. The molecule has 9 heteroatoms. The summed E-state index contributed by atoms with van der Waals surface area (Å²) in [5.74, 6) is -0.710. The first-order valence-electron chi connectivity index (χ1n) is 13.3. The Morgan fingerprint density at radius 1 is 0.816 bits per heavy atom. The number of halogens is 2. The van der Waals surface area contributed by atoms with Gasteiger partial charge in [0.1, 0.15) is 6.04 Å². The summed E-state index contributed by atoms with van der Waals surface area (Å²) in [5.41, 5.74) is 2.50. The Balaban J connectivity index is 0.000000230. The molecule has 7 nitrogen and oxygen atoms in total. The molecule has 2 aliphatic rings. The molecule has 1 unspecified atom stereocenters. The topological polar surface area (TPSA) is 98.7 Å². The van der Waals surface area contributed by atoms with Crippen LogP contribution < -0.4 is 10.6 Å². The maximum atomic E-state index is 12.4. The summed E-state index contributed by atoms with van der Waals surface area (Å²) in [6, 6.07) is 15.4. The number of carbonyl (C=O) groups is 3. The number of amides is 2. The summed E-state index contributed by atoms with van der Waals surface area (Å²) in [5, 5.41) is 15.7. The average molecular weight is 563 g/mol. The minimum atomic E-state index is -0.999. The van der Waals surface area contributed by atoms with Gasteiger partial charge in [-0.1, -0.05) is 66.7 Å². The van der Waals surface area contributed by atoms with Crippen molar-refractivity contribution in [1.82, 2.24) is 15.5 Å².